The van der Waals surface area contributed by atoms with Crippen molar-refractivity contribution in [1.29, 1.82) is 0 Å². The number of para-hydroxylation sites is 2. The predicted octanol–water partition coefficient (Wildman–Crippen LogP) is 5.30. The summed E-state index contributed by atoms with van der Waals surface area (Å²) >= 11 is 0. The molecule has 0 saturated heterocycles. The number of hydrogen-bond acceptors (Lipinski definition) is 4. The van der Waals surface area contributed by atoms with E-state index in [4.69, 9.17) is 8.83 Å². The first-order valence-corrected chi connectivity index (χ1v) is 7.65. The minimum absolute atomic E-state index is 0.795. The van der Waals surface area contributed by atoms with Crippen molar-refractivity contribution < 1.29 is 8.83 Å². The largest absolute Gasteiger partial charge is 0.443 e. The molecule has 0 unspecified atom stereocenters. The van der Waals surface area contributed by atoms with Gasteiger partial charge >= 0.3 is 0 Å². The summed E-state index contributed by atoms with van der Waals surface area (Å²) in [5.41, 5.74) is 7.68. The normalized spacial score (nSPS) is 11.3. The van der Waals surface area contributed by atoms with Crippen LogP contribution in [-0.2, 0) is 0 Å². The highest BCUT2D eigenvalue weighted by Gasteiger charge is 2.10. The zero-order valence-electron chi connectivity index (χ0n) is 12.6. The van der Waals surface area contributed by atoms with Gasteiger partial charge in [0.25, 0.3) is 0 Å². The van der Waals surface area contributed by atoms with Crippen molar-refractivity contribution >= 4 is 22.2 Å². The van der Waals surface area contributed by atoms with Crippen LogP contribution in [0.25, 0.3) is 44.5 Å². The molecular weight excluding hydrogens is 300 g/mol. The molecule has 2 aromatic heterocycles. The van der Waals surface area contributed by atoms with Crippen LogP contribution >= 0.6 is 0 Å². The minimum atomic E-state index is 0.795. The van der Waals surface area contributed by atoms with Crippen LogP contribution < -0.4 is 0 Å². The highest BCUT2D eigenvalue weighted by molar-refractivity contribution is 5.93. The average Bonchev–Trinajstić information content (AvgIpc) is 3.30. The Labute approximate surface area is 137 Å². The average molecular weight is 312 g/mol. The summed E-state index contributed by atoms with van der Waals surface area (Å²) < 4.78 is 10.8. The zero-order valence-corrected chi connectivity index (χ0v) is 12.6. The van der Waals surface area contributed by atoms with Gasteiger partial charge in [-0.3, -0.25) is 0 Å². The fourth-order valence-electron chi connectivity index (χ4n) is 3.07. The number of oxazole rings is 2. The van der Waals surface area contributed by atoms with Crippen molar-refractivity contribution in [3.8, 4) is 22.3 Å². The van der Waals surface area contributed by atoms with Gasteiger partial charge in [-0.05, 0) is 23.3 Å². The first-order valence-electron chi connectivity index (χ1n) is 7.65. The maximum absolute atomic E-state index is 5.38. The third kappa shape index (κ3) is 1.93. The number of aromatic nitrogens is 2. The first kappa shape index (κ1) is 13.1. The van der Waals surface area contributed by atoms with Crippen molar-refractivity contribution in [1.82, 2.24) is 9.97 Å². The van der Waals surface area contributed by atoms with Gasteiger partial charge in [-0.15, -0.1) is 0 Å². The second kappa shape index (κ2) is 5.06. The van der Waals surface area contributed by atoms with Gasteiger partial charge in [-0.2, -0.15) is 0 Å². The molecule has 5 rings (SSSR count). The monoisotopic (exact) mass is 312 g/mol. The SMILES string of the molecule is c1cc(-c2ccc(-c3cccc4ocnc34)cc2)c2ncoc2c1. The summed E-state index contributed by atoms with van der Waals surface area (Å²) in [6.45, 7) is 0. The second-order valence-electron chi connectivity index (χ2n) is 5.59. The van der Waals surface area contributed by atoms with E-state index >= 15 is 0 Å². The van der Waals surface area contributed by atoms with Crippen molar-refractivity contribution in [2.75, 3.05) is 0 Å². The van der Waals surface area contributed by atoms with Crippen molar-refractivity contribution in [3.05, 3.63) is 73.5 Å². The molecule has 0 spiro atoms. The lowest BCUT2D eigenvalue weighted by atomic mass is 9.99. The molecule has 24 heavy (non-hydrogen) atoms. The predicted molar refractivity (Wildman–Crippen MR) is 92.4 cm³/mol. The first-order chi connectivity index (χ1) is 11.9. The van der Waals surface area contributed by atoms with Crippen LogP contribution in [0, 0.1) is 0 Å². The highest BCUT2D eigenvalue weighted by atomic mass is 16.3. The molecule has 0 atom stereocenters. The van der Waals surface area contributed by atoms with Crippen LogP contribution in [0.4, 0.5) is 0 Å². The molecule has 114 valence electrons. The van der Waals surface area contributed by atoms with E-state index in [2.05, 4.69) is 46.4 Å². The highest BCUT2D eigenvalue weighted by Crippen LogP contribution is 2.31. The Kier molecular flexibility index (Phi) is 2.76. The number of benzene rings is 3. The van der Waals surface area contributed by atoms with Crippen LogP contribution in [0.5, 0.6) is 0 Å². The molecule has 5 aromatic rings. The van der Waals surface area contributed by atoms with Gasteiger partial charge in [0, 0.05) is 11.1 Å². The molecule has 0 bridgehead atoms. The van der Waals surface area contributed by atoms with Gasteiger partial charge in [0.15, 0.2) is 24.0 Å². The van der Waals surface area contributed by atoms with Gasteiger partial charge in [0.1, 0.15) is 11.0 Å². The lowest BCUT2D eigenvalue weighted by Crippen LogP contribution is -1.83. The van der Waals surface area contributed by atoms with Crippen LogP contribution in [0.15, 0.2) is 82.3 Å². The summed E-state index contributed by atoms with van der Waals surface area (Å²) in [4.78, 5) is 8.64. The number of nitrogens with zero attached hydrogens (tertiary/aromatic N) is 2. The molecule has 0 N–H and O–H groups in total. The van der Waals surface area contributed by atoms with Crippen LogP contribution in [0.3, 0.4) is 0 Å². The molecule has 0 fully saturated rings. The van der Waals surface area contributed by atoms with Crippen molar-refractivity contribution in [2.45, 2.75) is 0 Å². The Morgan fingerprint density at radius 3 is 1.46 bits per heavy atom. The summed E-state index contributed by atoms with van der Waals surface area (Å²) in [5.74, 6) is 0. The summed E-state index contributed by atoms with van der Waals surface area (Å²) in [5, 5.41) is 0. The third-order valence-corrected chi connectivity index (χ3v) is 4.23. The van der Waals surface area contributed by atoms with Crippen LogP contribution in [0.1, 0.15) is 0 Å². The fraction of sp³-hybridized carbons (Fsp3) is 0. The molecule has 0 saturated carbocycles. The molecule has 4 heteroatoms. The van der Waals surface area contributed by atoms with Gasteiger partial charge < -0.3 is 8.83 Å². The van der Waals surface area contributed by atoms with E-state index in [9.17, 15) is 0 Å². The van der Waals surface area contributed by atoms with E-state index in [1.165, 1.54) is 12.8 Å². The van der Waals surface area contributed by atoms with E-state index in [1.54, 1.807) is 0 Å². The van der Waals surface area contributed by atoms with Crippen LogP contribution in [0.2, 0.25) is 0 Å². The van der Waals surface area contributed by atoms with Gasteiger partial charge in [0.05, 0.1) is 0 Å². The molecular formula is C20H12N2O2. The quantitative estimate of drug-likeness (QED) is 0.443. The number of hydrogen-bond donors (Lipinski definition) is 0. The van der Waals surface area contributed by atoms with Gasteiger partial charge in [-0.25, -0.2) is 9.97 Å². The molecule has 0 amide bonds. The smallest absolute Gasteiger partial charge is 0.182 e. The molecule has 0 radical (unpaired) electrons. The second-order valence-corrected chi connectivity index (χ2v) is 5.59. The Morgan fingerprint density at radius 1 is 0.542 bits per heavy atom. The Morgan fingerprint density at radius 2 is 1.00 bits per heavy atom. The molecule has 0 aliphatic heterocycles. The Balaban J connectivity index is 1.63. The standard InChI is InChI=1S/C20H12N2O2/c1-3-15(19-17(5-1)23-11-21-19)13-7-9-14(10-8-13)16-4-2-6-18-20(16)22-12-24-18/h1-12H. The number of fused-ring (bicyclic) bond motifs is 2. The maximum Gasteiger partial charge on any atom is 0.182 e. The van der Waals surface area contributed by atoms with Crippen LogP contribution in [-0.4, -0.2) is 9.97 Å². The third-order valence-electron chi connectivity index (χ3n) is 4.23. The van der Waals surface area contributed by atoms with Crippen molar-refractivity contribution in [3.63, 3.8) is 0 Å². The van der Waals surface area contributed by atoms with E-state index in [1.807, 2.05) is 24.3 Å². The minimum Gasteiger partial charge on any atom is -0.443 e. The summed E-state index contributed by atoms with van der Waals surface area (Å²) in [6, 6.07) is 20.3. The molecule has 4 nitrogen and oxygen atoms in total. The lowest BCUT2D eigenvalue weighted by molar-refractivity contribution is 0.602. The van der Waals surface area contributed by atoms with E-state index in [-0.39, 0.29) is 0 Å². The molecule has 2 heterocycles. The van der Waals surface area contributed by atoms with E-state index in [0.29, 0.717) is 0 Å². The zero-order chi connectivity index (χ0) is 15.9. The molecule has 3 aromatic carbocycles. The van der Waals surface area contributed by atoms with Crippen molar-refractivity contribution in [2.24, 2.45) is 0 Å². The fourth-order valence-corrected chi connectivity index (χ4v) is 3.07. The van der Waals surface area contributed by atoms with Gasteiger partial charge in [-0.1, -0.05) is 48.5 Å². The summed E-state index contributed by atoms with van der Waals surface area (Å²) in [7, 11) is 0. The molecule has 0 aliphatic carbocycles. The molecule has 0 aliphatic rings. The lowest BCUT2D eigenvalue weighted by Gasteiger charge is -2.06. The van der Waals surface area contributed by atoms with E-state index < -0.39 is 0 Å². The maximum atomic E-state index is 5.38. The number of rotatable bonds is 2. The Hall–Kier alpha value is -3.40. The van der Waals surface area contributed by atoms with E-state index in [0.717, 1.165) is 44.5 Å². The van der Waals surface area contributed by atoms with Gasteiger partial charge in [0.2, 0.25) is 0 Å². The Bertz CT molecular complexity index is 1060. The summed E-state index contributed by atoms with van der Waals surface area (Å²) in [6.07, 6.45) is 2.96. The topological polar surface area (TPSA) is 52.1 Å².